The van der Waals surface area contributed by atoms with Gasteiger partial charge in [-0.3, -0.25) is 4.79 Å². The van der Waals surface area contributed by atoms with Gasteiger partial charge < -0.3 is 20.6 Å². The van der Waals surface area contributed by atoms with E-state index in [-0.39, 0.29) is 12.3 Å². The number of nitrogens with two attached hydrogens (primary N) is 2. The Bertz CT molecular complexity index is 809. The predicted octanol–water partition coefficient (Wildman–Crippen LogP) is 3.24. The number of nitrogens with zero attached hydrogens (tertiary/aromatic N) is 1. The number of nitrogen functional groups attached to an aromatic ring is 1. The van der Waals surface area contributed by atoms with Gasteiger partial charge in [0.05, 0.1) is 19.2 Å². The topological polar surface area (TPSA) is 102 Å². The van der Waals surface area contributed by atoms with E-state index in [2.05, 4.69) is 0 Å². The van der Waals surface area contributed by atoms with Crippen LogP contribution in [0.4, 0.5) is 11.4 Å². The van der Waals surface area contributed by atoms with Crippen LogP contribution in [0, 0.1) is 6.92 Å². The zero-order chi connectivity index (χ0) is 19.4. The number of anilines is 2. The molecule has 0 aromatic heterocycles. The van der Waals surface area contributed by atoms with Gasteiger partial charge in [-0.2, -0.15) is 0 Å². The second-order valence-corrected chi connectivity index (χ2v) is 6.51. The first-order chi connectivity index (χ1) is 12.3. The lowest BCUT2D eigenvalue weighted by Crippen LogP contribution is -2.26. The van der Waals surface area contributed by atoms with Crippen molar-refractivity contribution in [1.29, 1.82) is 0 Å². The second kappa shape index (κ2) is 8.29. The zero-order valence-electron chi connectivity index (χ0n) is 15.1. The number of hydrazine groups is 1. The Morgan fingerprint density at radius 2 is 2.00 bits per heavy atom. The molecule has 0 bridgehead atoms. The molecule has 0 spiro atoms. The minimum Gasteiger partial charge on any atom is -0.494 e. The lowest BCUT2D eigenvalue weighted by atomic mass is 9.86. The van der Waals surface area contributed by atoms with Crippen molar-refractivity contribution in [2.24, 2.45) is 5.84 Å². The summed E-state index contributed by atoms with van der Waals surface area (Å²) in [5, 5.41) is 10.8. The van der Waals surface area contributed by atoms with Crippen LogP contribution in [0.3, 0.4) is 0 Å². The smallest absolute Gasteiger partial charge is 0.304 e. The van der Waals surface area contributed by atoms with E-state index in [1.807, 2.05) is 25.1 Å². The van der Waals surface area contributed by atoms with E-state index in [1.54, 1.807) is 19.2 Å². The molecule has 0 fully saturated rings. The van der Waals surface area contributed by atoms with Crippen LogP contribution in [-0.2, 0) is 10.7 Å². The largest absolute Gasteiger partial charge is 0.494 e. The first-order valence-corrected chi connectivity index (χ1v) is 8.65. The fraction of sp³-hybridized carbons (Fsp3) is 0.316. The highest BCUT2D eigenvalue weighted by atomic mass is 35.5. The molecular weight excluding hydrogens is 354 g/mol. The third-order valence-electron chi connectivity index (χ3n) is 4.40. The van der Waals surface area contributed by atoms with Crippen molar-refractivity contribution in [3.05, 3.63) is 52.6 Å². The minimum atomic E-state index is -0.902. The van der Waals surface area contributed by atoms with Crippen molar-refractivity contribution in [2.75, 3.05) is 24.9 Å². The lowest BCUT2D eigenvalue weighted by Gasteiger charge is -2.23. The molecule has 0 saturated heterocycles. The summed E-state index contributed by atoms with van der Waals surface area (Å²) in [5.74, 6) is 5.39. The van der Waals surface area contributed by atoms with Crippen LogP contribution < -0.4 is 21.3 Å². The molecule has 0 saturated carbocycles. The number of aryl methyl sites for hydroxylation is 1. The van der Waals surface area contributed by atoms with Crippen LogP contribution >= 0.6 is 11.6 Å². The Balaban J connectivity index is 2.61. The summed E-state index contributed by atoms with van der Waals surface area (Å²) in [4.78, 5) is 11.5. The number of halogens is 1. The zero-order valence-corrected chi connectivity index (χ0v) is 15.9. The van der Waals surface area contributed by atoms with Crippen LogP contribution in [0.25, 0.3) is 0 Å². The summed E-state index contributed by atoms with van der Waals surface area (Å²) < 4.78 is 5.41. The number of carbonyl (C=O) groups is 1. The number of hydrogen-bond acceptors (Lipinski definition) is 5. The number of ether oxygens (including phenoxy) is 1. The Labute approximate surface area is 158 Å². The molecule has 6 nitrogen and oxygen atoms in total. The van der Waals surface area contributed by atoms with Gasteiger partial charge in [-0.15, -0.1) is 11.6 Å². The molecule has 2 aromatic carbocycles. The van der Waals surface area contributed by atoms with E-state index in [4.69, 9.17) is 27.9 Å². The van der Waals surface area contributed by atoms with Crippen LogP contribution in [0.1, 0.15) is 34.6 Å². The SMILES string of the molecule is COc1cc(C(CC(=O)O)c2ccc(C)c(CCl)c2)cc(N)c1N(C)N. The minimum absolute atomic E-state index is 0.0782. The molecule has 140 valence electrons. The summed E-state index contributed by atoms with van der Waals surface area (Å²) in [5.41, 5.74) is 10.8. The van der Waals surface area contributed by atoms with Gasteiger partial charge >= 0.3 is 5.97 Å². The van der Waals surface area contributed by atoms with E-state index >= 15 is 0 Å². The highest BCUT2D eigenvalue weighted by molar-refractivity contribution is 6.17. The summed E-state index contributed by atoms with van der Waals surface area (Å²) in [6.45, 7) is 1.97. The second-order valence-electron chi connectivity index (χ2n) is 6.24. The number of benzene rings is 2. The van der Waals surface area contributed by atoms with Gasteiger partial charge in [0.15, 0.2) is 0 Å². The van der Waals surface area contributed by atoms with Crippen molar-refractivity contribution in [3.63, 3.8) is 0 Å². The molecule has 0 aliphatic heterocycles. The third kappa shape index (κ3) is 4.20. The van der Waals surface area contributed by atoms with Crippen molar-refractivity contribution < 1.29 is 14.6 Å². The van der Waals surface area contributed by atoms with Gasteiger partial charge in [0.2, 0.25) is 0 Å². The molecule has 0 heterocycles. The Morgan fingerprint density at radius 3 is 2.54 bits per heavy atom. The average Bonchev–Trinajstić information content (AvgIpc) is 2.58. The Kier molecular flexibility index (Phi) is 6.34. The molecular formula is C19H24ClN3O3. The van der Waals surface area contributed by atoms with E-state index in [9.17, 15) is 9.90 Å². The summed E-state index contributed by atoms with van der Waals surface area (Å²) in [6, 6.07) is 9.34. The normalized spacial score (nSPS) is 11.9. The Hall–Kier alpha value is -2.44. The van der Waals surface area contributed by atoms with Crippen molar-refractivity contribution in [2.45, 2.75) is 25.1 Å². The molecule has 7 heteroatoms. The van der Waals surface area contributed by atoms with E-state index in [0.717, 1.165) is 22.3 Å². The van der Waals surface area contributed by atoms with Crippen molar-refractivity contribution >= 4 is 28.9 Å². The molecule has 0 radical (unpaired) electrons. The fourth-order valence-electron chi connectivity index (χ4n) is 3.04. The molecule has 1 atom stereocenters. The predicted molar refractivity (Wildman–Crippen MR) is 105 cm³/mol. The number of methoxy groups -OCH3 is 1. The van der Waals surface area contributed by atoms with Gasteiger partial charge in [-0.25, -0.2) is 5.84 Å². The van der Waals surface area contributed by atoms with Crippen LogP contribution in [0.2, 0.25) is 0 Å². The highest BCUT2D eigenvalue weighted by Crippen LogP contribution is 2.39. The summed E-state index contributed by atoms with van der Waals surface area (Å²) in [7, 11) is 3.19. The molecule has 26 heavy (non-hydrogen) atoms. The first kappa shape index (κ1) is 19.9. The monoisotopic (exact) mass is 377 g/mol. The van der Waals surface area contributed by atoms with Crippen LogP contribution in [-0.4, -0.2) is 25.2 Å². The first-order valence-electron chi connectivity index (χ1n) is 8.11. The number of aliphatic carboxylic acids is 1. The van der Waals surface area contributed by atoms with Gasteiger partial charge in [-0.1, -0.05) is 18.2 Å². The standard InChI is InChI=1S/C19H24ClN3O3/c1-11-4-5-12(6-14(11)10-20)15(9-18(24)25)13-7-16(21)19(23(2)22)17(8-13)26-3/h4-8,15H,9-10,21-22H2,1-3H3,(H,24,25). The Morgan fingerprint density at radius 1 is 1.31 bits per heavy atom. The van der Waals surface area contributed by atoms with Gasteiger partial charge in [0.1, 0.15) is 11.4 Å². The number of alkyl halides is 1. The lowest BCUT2D eigenvalue weighted by molar-refractivity contribution is -0.137. The number of rotatable bonds is 7. The van der Waals surface area contributed by atoms with Gasteiger partial charge in [0.25, 0.3) is 0 Å². The van der Waals surface area contributed by atoms with E-state index < -0.39 is 5.97 Å². The molecule has 2 rings (SSSR count). The molecule has 1 unspecified atom stereocenters. The van der Waals surface area contributed by atoms with E-state index in [1.165, 1.54) is 12.1 Å². The fourth-order valence-corrected chi connectivity index (χ4v) is 3.33. The third-order valence-corrected chi connectivity index (χ3v) is 4.69. The quantitative estimate of drug-likeness (QED) is 0.296. The van der Waals surface area contributed by atoms with Gasteiger partial charge in [0, 0.05) is 18.8 Å². The average molecular weight is 378 g/mol. The van der Waals surface area contributed by atoms with Crippen molar-refractivity contribution in [1.82, 2.24) is 0 Å². The summed E-state index contributed by atoms with van der Waals surface area (Å²) >= 11 is 6.01. The van der Waals surface area contributed by atoms with Gasteiger partial charge in [-0.05, 0) is 41.3 Å². The van der Waals surface area contributed by atoms with Crippen LogP contribution in [0.5, 0.6) is 5.75 Å². The highest BCUT2D eigenvalue weighted by Gasteiger charge is 2.22. The van der Waals surface area contributed by atoms with Crippen molar-refractivity contribution in [3.8, 4) is 5.75 Å². The maximum atomic E-state index is 11.5. The molecule has 0 aliphatic carbocycles. The molecule has 2 aromatic rings. The van der Waals surface area contributed by atoms with E-state index in [0.29, 0.717) is 23.0 Å². The molecule has 0 aliphatic rings. The number of hydrogen-bond donors (Lipinski definition) is 3. The number of carboxylic acids is 1. The molecule has 5 N–H and O–H groups in total. The summed E-state index contributed by atoms with van der Waals surface area (Å²) in [6.07, 6.45) is -0.0782. The van der Waals surface area contributed by atoms with Crippen LogP contribution in [0.15, 0.2) is 30.3 Å². The molecule has 0 amide bonds. The maximum Gasteiger partial charge on any atom is 0.304 e. The maximum absolute atomic E-state index is 11.5. The number of carboxylic acid groups (broad SMARTS) is 1.